The number of rotatable bonds is 8. The van der Waals surface area contributed by atoms with Gasteiger partial charge in [0.25, 0.3) is 11.8 Å². The van der Waals surface area contributed by atoms with Crippen LogP contribution in [0, 0.1) is 0 Å². The lowest BCUT2D eigenvalue weighted by atomic mass is 10.0. The summed E-state index contributed by atoms with van der Waals surface area (Å²) in [5.74, 6) is -1.36. The molecule has 2 amide bonds. The summed E-state index contributed by atoms with van der Waals surface area (Å²) in [5.41, 5.74) is 1.05. The predicted octanol–water partition coefficient (Wildman–Crippen LogP) is 3.66. The second-order valence-corrected chi connectivity index (χ2v) is 7.32. The summed E-state index contributed by atoms with van der Waals surface area (Å²) in [5, 5.41) is 5.84. The van der Waals surface area contributed by atoms with Gasteiger partial charge in [-0.2, -0.15) is 0 Å². The first kappa shape index (κ1) is 22.4. The number of benzene rings is 2. The molecule has 0 aliphatic heterocycles. The van der Waals surface area contributed by atoms with Gasteiger partial charge in [-0.3, -0.25) is 14.4 Å². The van der Waals surface area contributed by atoms with Crippen molar-refractivity contribution in [3.05, 3.63) is 70.7 Å². The van der Waals surface area contributed by atoms with E-state index in [-0.39, 0.29) is 18.4 Å². The average Bonchev–Trinajstić information content (AvgIpc) is 2.67. The highest BCUT2D eigenvalue weighted by Crippen LogP contribution is 2.21. The molecule has 0 bridgehead atoms. The first-order valence-corrected chi connectivity index (χ1v) is 9.76. The molecule has 154 valence electrons. The zero-order valence-corrected chi connectivity index (χ0v) is 17.4. The quantitative estimate of drug-likeness (QED) is 0.643. The van der Waals surface area contributed by atoms with Gasteiger partial charge in [0.15, 0.2) is 6.10 Å². The first-order chi connectivity index (χ1) is 13.8. The van der Waals surface area contributed by atoms with Gasteiger partial charge < -0.3 is 15.4 Å². The van der Waals surface area contributed by atoms with Crippen molar-refractivity contribution in [1.29, 1.82) is 0 Å². The highest BCUT2D eigenvalue weighted by Gasteiger charge is 2.24. The topological polar surface area (TPSA) is 84.5 Å². The second-order valence-electron chi connectivity index (χ2n) is 6.92. The number of esters is 1. The number of amides is 2. The molecule has 6 nitrogen and oxygen atoms in total. The molecule has 0 saturated heterocycles. The predicted molar refractivity (Wildman–Crippen MR) is 112 cm³/mol. The minimum absolute atomic E-state index is 0.0596. The average molecular weight is 417 g/mol. The van der Waals surface area contributed by atoms with E-state index in [2.05, 4.69) is 10.6 Å². The minimum atomic E-state index is -0.930. The zero-order valence-electron chi connectivity index (χ0n) is 16.6. The maximum atomic E-state index is 12.7. The fourth-order valence-corrected chi connectivity index (χ4v) is 2.91. The molecule has 29 heavy (non-hydrogen) atoms. The summed E-state index contributed by atoms with van der Waals surface area (Å²) in [6, 6.07) is 15.1. The van der Waals surface area contributed by atoms with Crippen molar-refractivity contribution in [1.82, 2.24) is 10.6 Å². The van der Waals surface area contributed by atoms with Crippen molar-refractivity contribution < 1.29 is 19.1 Å². The lowest BCUT2D eigenvalue weighted by Crippen LogP contribution is -2.40. The van der Waals surface area contributed by atoms with Crippen molar-refractivity contribution >= 4 is 29.4 Å². The van der Waals surface area contributed by atoms with E-state index in [0.29, 0.717) is 10.6 Å². The lowest BCUT2D eigenvalue weighted by molar-refractivity contribution is -0.155. The number of nitrogens with one attached hydrogen (secondary N) is 2. The molecule has 2 unspecified atom stereocenters. The molecule has 0 aliphatic carbocycles. The number of carbonyl (C=O) groups excluding carboxylic acids is 3. The van der Waals surface area contributed by atoms with E-state index in [4.69, 9.17) is 16.3 Å². The molecular weight excluding hydrogens is 392 g/mol. The number of ether oxygens (including phenoxy) is 1. The monoisotopic (exact) mass is 416 g/mol. The molecule has 0 spiro atoms. The highest BCUT2D eigenvalue weighted by atomic mass is 35.5. The Hall–Kier alpha value is -2.86. The molecule has 0 aliphatic rings. The Labute approximate surface area is 175 Å². The van der Waals surface area contributed by atoms with Gasteiger partial charge in [0.05, 0.1) is 23.0 Å². The van der Waals surface area contributed by atoms with E-state index < -0.39 is 24.0 Å². The van der Waals surface area contributed by atoms with E-state index >= 15 is 0 Å². The zero-order chi connectivity index (χ0) is 21.4. The number of halogens is 1. The third-order valence-corrected chi connectivity index (χ3v) is 4.43. The summed E-state index contributed by atoms with van der Waals surface area (Å²) in [6.07, 6.45) is -1.06. The molecule has 2 N–H and O–H groups in total. The van der Waals surface area contributed by atoms with Crippen molar-refractivity contribution in [3.8, 4) is 0 Å². The third-order valence-electron chi connectivity index (χ3n) is 4.10. The Kier molecular flexibility index (Phi) is 8.21. The normalized spacial score (nSPS) is 12.7. The summed E-state index contributed by atoms with van der Waals surface area (Å²) in [6.45, 7) is 5.15. The summed E-state index contributed by atoms with van der Waals surface area (Å²) in [7, 11) is 0. The maximum Gasteiger partial charge on any atom is 0.309 e. The molecular formula is C22H25ClN2O4. The fraction of sp³-hybridized carbons (Fsp3) is 0.318. The molecule has 0 aromatic heterocycles. The summed E-state index contributed by atoms with van der Waals surface area (Å²) >= 11 is 6.10. The molecule has 0 saturated carbocycles. The lowest BCUT2D eigenvalue weighted by Gasteiger charge is -2.21. The summed E-state index contributed by atoms with van der Waals surface area (Å²) < 4.78 is 5.25. The van der Waals surface area contributed by atoms with E-state index in [1.54, 1.807) is 36.4 Å². The van der Waals surface area contributed by atoms with Gasteiger partial charge >= 0.3 is 5.97 Å². The van der Waals surface area contributed by atoms with Crippen molar-refractivity contribution in [2.24, 2.45) is 0 Å². The van der Waals surface area contributed by atoms with Crippen LogP contribution in [0.3, 0.4) is 0 Å². The van der Waals surface area contributed by atoms with E-state index in [9.17, 15) is 14.4 Å². The van der Waals surface area contributed by atoms with Gasteiger partial charge in [-0.05, 0) is 38.5 Å². The highest BCUT2D eigenvalue weighted by molar-refractivity contribution is 6.33. The van der Waals surface area contributed by atoms with Gasteiger partial charge in [0.2, 0.25) is 0 Å². The smallest absolute Gasteiger partial charge is 0.309 e. The SMILES string of the molecule is CC(C)NC(=O)C(C)OC(=O)CC(NC(=O)c1ccccc1Cl)c1ccccc1. The van der Waals surface area contributed by atoms with Crippen LogP contribution in [0.25, 0.3) is 0 Å². The van der Waals surface area contributed by atoms with Gasteiger partial charge in [-0.1, -0.05) is 54.1 Å². The third kappa shape index (κ3) is 6.91. The van der Waals surface area contributed by atoms with Crippen LogP contribution in [0.15, 0.2) is 54.6 Å². The second kappa shape index (κ2) is 10.6. The minimum Gasteiger partial charge on any atom is -0.452 e. The molecule has 2 aromatic carbocycles. The molecule has 7 heteroatoms. The standard InChI is InChI=1S/C22H25ClN2O4/c1-14(2)24-21(27)15(3)29-20(26)13-19(16-9-5-4-6-10-16)25-22(28)17-11-7-8-12-18(17)23/h4-12,14-15,19H,13H2,1-3H3,(H,24,27)(H,25,28). The largest absolute Gasteiger partial charge is 0.452 e. The van der Waals surface area contributed by atoms with Crippen LogP contribution in [0.5, 0.6) is 0 Å². The molecule has 2 atom stereocenters. The van der Waals surface area contributed by atoms with Crippen molar-refractivity contribution in [2.45, 2.75) is 45.4 Å². The maximum absolute atomic E-state index is 12.7. The van der Waals surface area contributed by atoms with Crippen molar-refractivity contribution in [2.75, 3.05) is 0 Å². The van der Waals surface area contributed by atoms with E-state index in [1.165, 1.54) is 6.92 Å². The van der Waals surface area contributed by atoms with Crippen LogP contribution in [-0.4, -0.2) is 29.9 Å². The molecule has 0 fully saturated rings. The Balaban J connectivity index is 2.11. The van der Waals surface area contributed by atoms with Crippen LogP contribution in [0.4, 0.5) is 0 Å². The fourth-order valence-electron chi connectivity index (χ4n) is 2.69. The Bertz CT molecular complexity index is 855. The van der Waals surface area contributed by atoms with Crippen LogP contribution < -0.4 is 10.6 Å². The van der Waals surface area contributed by atoms with Crippen LogP contribution in [0.1, 0.15) is 49.2 Å². The number of carbonyl (C=O) groups is 3. The van der Waals surface area contributed by atoms with Gasteiger partial charge in [0.1, 0.15) is 0 Å². The van der Waals surface area contributed by atoms with Gasteiger partial charge in [-0.15, -0.1) is 0 Å². The van der Waals surface area contributed by atoms with Crippen LogP contribution in [0.2, 0.25) is 5.02 Å². The Morgan fingerprint density at radius 3 is 2.17 bits per heavy atom. The number of hydrogen-bond donors (Lipinski definition) is 2. The summed E-state index contributed by atoms with van der Waals surface area (Å²) in [4.78, 5) is 37.1. The van der Waals surface area contributed by atoms with Crippen LogP contribution in [-0.2, 0) is 14.3 Å². The number of hydrogen-bond acceptors (Lipinski definition) is 4. The van der Waals surface area contributed by atoms with Crippen molar-refractivity contribution in [3.63, 3.8) is 0 Å². The Morgan fingerprint density at radius 2 is 1.55 bits per heavy atom. The van der Waals surface area contributed by atoms with E-state index in [1.807, 2.05) is 32.0 Å². The molecule has 0 radical (unpaired) electrons. The van der Waals surface area contributed by atoms with E-state index in [0.717, 1.165) is 5.56 Å². The molecule has 0 heterocycles. The van der Waals surface area contributed by atoms with Gasteiger partial charge in [0, 0.05) is 6.04 Å². The first-order valence-electron chi connectivity index (χ1n) is 9.38. The van der Waals surface area contributed by atoms with Crippen LogP contribution >= 0.6 is 11.6 Å². The molecule has 2 rings (SSSR count). The molecule has 2 aromatic rings. The Morgan fingerprint density at radius 1 is 0.931 bits per heavy atom. The van der Waals surface area contributed by atoms with Gasteiger partial charge in [-0.25, -0.2) is 0 Å².